The lowest BCUT2D eigenvalue weighted by atomic mass is 10.1. The summed E-state index contributed by atoms with van der Waals surface area (Å²) in [6.07, 6.45) is -1.89. The number of rotatable bonds is 7. The minimum absolute atomic E-state index is 0.133. The van der Waals surface area contributed by atoms with Crippen molar-refractivity contribution in [1.29, 1.82) is 0 Å². The number of aromatic amines is 1. The molecule has 9 heteroatoms. The van der Waals surface area contributed by atoms with Crippen molar-refractivity contribution in [2.45, 2.75) is 18.0 Å². The van der Waals surface area contributed by atoms with Crippen molar-refractivity contribution in [3.05, 3.63) is 48.2 Å². The molecule has 0 bridgehead atoms. The molecule has 2 N–H and O–H groups in total. The van der Waals surface area contributed by atoms with E-state index in [1.807, 2.05) is 0 Å². The Morgan fingerprint density at radius 2 is 2.00 bits per heavy atom. The van der Waals surface area contributed by atoms with Crippen LogP contribution in [0.4, 0.5) is 13.2 Å². The van der Waals surface area contributed by atoms with Crippen molar-refractivity contribution < 1.29 is 27.3 Å². The van der Waals surface area contributed by atoms with Gasteiger partial charge in [0.2, 0.25) is 0 Å². The minimum Gasteiger partial charge on any atom is -0.480 e. The molecule has 2 rings (SSSR count). The third kappa shape index (κ3) is 5.48. The number of hydrogen-bond acceptors (Lipinski definition) is 3. The number of hydrogen-bond donors (Lipinski definition) is 2. The molecule has 28 heavy (non-hydrogen) atoms. The number of allylic oxidation sites excluding steroid dienone is 1. The summed E-state index contributed by atoms with van der Waals surface area (Å²) in [5, 5.41) is 9.01. The molecule has 2 unspecified atom stereocenters. The molecule has 0 spiro atoms. The third-order valence-corrected chi connectivity index (χ3v) is 5.06. The lowest BCUT2D eigenvalue weighted by Crippen LogP contribution is -2.26. The first-order chi connectivity index (χ1) is 13.0. The number of aromatic nitrogens is 1. The molecule has 0 saturated carbocycles. The molecule has 5 nitrogen and oxygen atoms in total. The highest BCUT2D eigenvalue weighted by atomic mass is 32.2. The van der Waals surface area contributed by atoms with Crippen LogP contribution in [-0.2, 0) is 15.6 Å². The molecule has 0 amide bonds. The van der Waals surface area contributed by atoms with Crippen molar-refractivity contribution in [1.82, 2.24) is 9.88 Å². The second-order valence-electron chi connectivity index (χ2n) is 6.40. The quantitative estimate of drug-likeness (QED) is 0.719. The monoisotopic (exact) mass is 414 g/mol. The third-order valence-electron chi connectivity index (χ3n) is 4.15. The summed E-state index contributed by atoms with van der Waals surface area (Å²) in [5.74, 6) is -2.91. The van der Waals surface area contributed by atoms with Gasteiger partial charge in [0.05, 0.1) is 17.3 Å². The van der Waals surface area contributed by atoms with Crippen molar-refractivity contribution in [2.24, 2.45) is 5.92 Å². The molecule has 1 aromatic heterocycles. The van der Waals surface area contributed by atoms with E-state index in [2.05, 4.69) is 4.98 Å². The fourth-order valence-electron chi connectivity index (χ4n) is 2.60. The van der Waals surface area contributed by atoms with Gasteiger partial charge in [-0.15, -0.1) is 0 Å². The van der Waals surface area contributed by atoms with Gasteiger partial charge in [-0.25, -0.2) is 0 Å². The summed E-state index contributed by atoms with van der Waals surface area (Å²) in [7, 11) is 0.250. The maximum atomic E-state index is 13.0. The maximum Gasteiger partial charge on any atom is 0.394 e. The van der Waals surface area contributed by atoms with Gasteiger partial charge in [0.1, 0.15) is 6.54 Å². The molecule has 0 aliphatic rings. The molecular weight excluding hydrogens is 393 g/mol. The topological polar surface area (TPSA) is 73.4 Å². The summed E-state index contributed by atoms with van der Waals surface area (Å²) in [5.41, 5.74) is 1.84. The summed E-state index contributed by atoms with van der Waals surface area (Å²) in [4.78, 5) is 15.9. The van der Waals surface area contributed by atoms with Gasteiger partial charge >= 0.3 is 12.1 Å². The van der Waals surface area contributed by atoms with E-state index in [1.54, 1.807) is 42.7 Å². The van der Waals surface area contributed by atoms with Gasteiger partial charge in [-0.05, 0) is 35.9 Å². The van der Waals surface area contributed by atoms with Gasteiger partial charge in [0, 0.05) is 34.7 Å². The Balaban J connectivity index is 2.45. The standard InChI is InChI=1S/C19H21F3N2O3S/c1-12(19(20,21)22)9-17(24(2)11-18(25)26)16-8-7-15(23-16)13-5-4-6-14(10-13)28(3)27/h4-10,12,23H,11H2,1-3H3,(H,25,26)/b17-9-. The number of likely N-dealkylation sites (N-methyl/N-ethyl adjacent to an activating group) is 1. The van der Waals surface area contributed by atoms with E-state index in [0.29, 0.717) is 16.3 Å². The molecule has 152 valence electrons. The average molecular weight is 414 g/mol. The zero-order valence-electron chi connectivity index (χ0n) is 15.6. The van der Waals surface area contributed by atoms with Crippen LogP contribution >= 0.6 is 0 Å². The number of carbonyl (C=O) groups is 1. The van der Waals surface area contributed by atoms with Gasteiger partial charge in [-0.1, -0.05) is 19.1 Å². The molecule has 0 fully saturated rings. The Bertz CT molecular complexity index is 906. The highest BCUT2D eigenvalue weighted by molar-refractivity contribution is 7.84. The van der Waals surface area contributed by atoms with E-state index < -0.39 is 35.4 Å². The smallest absolute Gasteiger partial charge is 0.394 e. The van der Waals surface area contributed by atoms with Crippen molar-refractivity contribution >= 4 is 22.5 Å². The molecule has 2 aromatic rings. The fraction of sp³-hybridized carbons (Fsp3) is 0.316. The highest BCUT2D eigenvalue weighted by Crippen LogP contribution is 2.31. The zero-order valence-corrected chi connectivity index (χ0v) is 16.4. The minimum atomic E-state index is -4.44. The van der Waals surface area contributed by atoms with Gasteiger partial charge in [0.25, 0.3) is 0 Å². The number of halogens is 3. The molecule has 1 heterocycles. The zero-order chi connectivity index (χ0) is 21.1. The van der Waals surface area contributed by atoms with Crippen molar-refractivity contribution in [3.8, 4) is 11.3 Å². The van der Waals surface area contributed by atoms with E-state index in [4.69, 9.17) is 5.11 Å². The van der Waals surface area contributed by atoms with Gasteiger partial charge in [-0.2, -0.15) is 13.2 Å². The van der Waals surface area contributed by atoms with E-state index >= 15 is 0 Å². The SMILES string of the molecule is CC(/C=C(/c1ccc(-c2cccc(S(C)=O)c2)[nH]1)N(C)CC(=O)O)C(F)(F)F. The lowest BCUT2D eigenvalue weighted by Gasteiger charge is -2.22. The highest BCUT2D eigenvalue weighted by Gasteiger charge is 2.35. The van der Waals surface area contributed by atoms with Crippen LogP contribution in [0.1, 0.15) is 12.6 Å². The first-order valence-electron chi connectivity index (χ1n) is 8.33. The average Bonchev–Trinajstić information content (AvgIpc) is 3.07. The van der Waals surface area contributed by atoms with E-state index in [9.17, 15) is 22.2 Å². The number of aliphatic carboxylic acids is 1. The van der Waals surface area contributed by atoms with Crippen LogP contribution in [-0.4, -0.2) is 51.2 Å². The van der Waals surface area contributed by atoms with Crippen LogP contribution in [0.25, 0.3) is 17.0 Å². The van der Waals surface area contributed by atoms with Crippen LogP contribution in [0.3, 0.4) is 0 Å². The van der Waals surface area contributed by atoms with E-state index in [-0.39, 0.29) is 5.70 Å². The molecule has 0 aliphatic heterocycles. The Hall–Kier alpha value is -2.55. The maximum absolute atomic E-state index is 13.0. The predicted octanol–water partition coefficient (Wildman–Crippen LogP) is 3.97. The van der Waals surface area contributed by atoms with Crippen molar-refractivity contribution in [2.75, 3.05) is 19.8 Å². The van der Waals surface area contributed by atoms with Crippen LogP contribution in [0.5, 0.6) is 0 Å². The van der Waals surface area contributed by atoms with Crippen LogP contribution < -0.4 is 0 Å². The number of benzene rings is 1. The normalized spacial score (nSPS) is 14.6. The number of carboxylic acids is 1. The summed E-state index contributed by atoms with van der Waals surface area (Å²) < 4.78 is 50.7. The molecule has 2 atom stereocenters. The molecular formula is C19H21F3N2O3S. The van der Waals surface area contributed by atoms with Crippen LogP contribution in [0, 0.1) is 5.92 Å². The number of H-pyrrole nitrogens is 1. The second-order valence-corrected chi connectivity index (χ2v) is 7.78. The molecule has 1 aromatic carbocycles. The number of alkyl halides is 3. The van der Waals surface area contributed by atoms with Crippen LogP contribution in [0.15, 0.2) is 47.4 Å². The number of nitrogens with one attached hydrogen (secondary N) is 1. The molecule has 0 aliphatic carbocycles. The van der Waals surface area contributed by atoms with Gasteiger partial charge in [0.15, 0.2) is 0 Å². The second kappa shape index (κ2) is 8.64. The van der Waals surface area contributed by atoms with Crippen molar-refractivity contribution in [3.63, 3.8) is 0 Å². The van der Waals surface area contributed by atoms with E-state index in [1.165, 1.54) is 11.9 Å². The lowest BCUT2D eigenvalue weighted by molar-refractivity contribution is -0.156. The Labute approximate surface area is 163 Å². The summed E-state index contributed by atoms with van der Waals surface area (Å²) in [6.45, 7) is 0.563. The van der Waals surface area contributed by atoms with Gasteiger partial charge in [-0.3, -0.25) is 9.00 Å². The first-order valence-corrected chi connectivity index (χ1v) is 9.89. The Morgan fingerprint density at radius 3 is 2.57 bits per heavy atom. The Kier molecular flexibility index (Phi) is 6.71. The molecule has 0 radical (unpaired) electrons. The number of nitrogens with zero attached hydrogens (tertiary/aromatic N) is 1. The predicted molar refractivity (Wildman–Crippen MR) is 102 cm³/mol. The summed E-state index contributed by atoms with van der Waals surface area (Å²) in [6, 6.07) is 10.3. The number of carboxylic acid groups (broad SMARTS) is 1. The fourth-order valence-corrected chi connectivity index (χ4v) is 3.16. The largest absolute Gasteiger partial charge is 0.480 e. The Morgan fingerprint density at radius 1 is 1.32 bits per heavy atom. The molecule has 0 saturated heterocycles. The van der Waals surface area contributed by atoms with Gasteiger partial charge < -0.3 is 15.0 Å². The summed E-state index contributed by atoms with van der Waals surface area (Å²) >= 11 is 0. The first kappa shape index (κ1) is 21.7. The van der Waals surface area contributed by atoms with E-state index in [0.717, 1.165) is 18.6 Å². The van der Waals surface area contributed by atoms with Crippen LogP contribution in [0.2, 0.25) is 0 Å².